The molecule has 2 aromatic rings. The van der Waals surface area contributed by atoms with Gasteiger partial charge in [0.15, 0.2) is 0 Å². The first-order valence-electron chi connectivity index (χ1n) is 9.12. The van der Waals surface area contributed by atoms with E-state index >= 15 is 0 Å². The van der Waals surface area contributed by atoms with Gasteiger partial charge in [0.05, 0.1) is 11.3 Å². The van der Waals surface area contributed by atoms with Crippen molar-refractivity contribution < 1.29 is 24.0 Å². The number of hydrogen-bond acceptors (Lipinski definition) is 6. The molecule has 0 saturated heterocycles. The molecule has 2 aromatic carbocycles. The molecule has 1 N–H and O–H groups in total. The van der Waals surface area contributed by atoms with Crippen molar-refractivity contribution in [2.75, 3.05) is 6.54 Å². The quantitative estimate of drug-likeness (QED) is 0.328. The first kappa shape index (κ1) is 21.9. The van der Waals surface area contributed by atoms with Crippen molar-refractivity contribution in [3.8, 4) is 5.75 Å². The van der Waals surface area contributed by atoms with Crippen molar-refractivity contribution in [3.63, 3.8) is 0 Å². The molecule has 0 fully saturated rings. The van der Waals surface area contributed by atoms with Crippen LogP contribution in [-0.2, 0) is 22.4 Å². The fourth-order valence-electron chi connectivity index (χ4n) is 2.42. The lowest BCUT2D eigenvalue weighted by molar-refractivity contribution is -0.384. The molecule has 154 valence electrons. The molecule has 0 aliphatic carbocycles. The standard InChI is InChI=1S/C21H24N2O6/c1-21(2,3)29-20(25)22-13-12-15-4-6-16(7-5-15)14-19(24)28-18-10-8-17(9-11-18)23(26)27/h4-11H,12-14H2,1-3H3,(H,22,25). The summed E-state index contributed by atoms with van der Waals surface area (Å²) in [4.78, 5) is 33.7. The number of esters is 1. The van der Waals surface area contributed by atoms with Crippen LogP contribution in [-0.4, -0.2) is 29.1 Å². The van der Waals surface area contributed by atoms with Crippen molar-refractivity contribution in [1.29, 1.82) is 0 Å². The molecular weight excluding hydrogens is 376 g/mol. The molecule has 0 aliphatic rings. The summed E-state index contributed by atoms with van der Waals surface area (Å²) in [5.41, 5.74) is 1.19. The molecule has 0 bridgehead atoms. The van der Waals surface area contributed by atoms with Crippen LogP contribution in [0.5, 0.6) is 5.75 Å². The van der Waals surface area contributed by atoms with Crippen LogP contribution in [0.3, 0.4) is 0 Å². The highest BCUT2D eigenvalue weighted by molar-refractivity contribution is 5.75. The van der Waals surface area contributed by atoms with Crippen molar-refractivity contribution in [3.05, 3.63) is 69.8 Å². The number of hydrogen-bond donors (Lipinski definition) is 1. The average Bonchev–Trinajstić information content (AvgIpc) is 2.62. The number of ether oxygens (including phenoxy) is 2. The van der Waals surface area contributed by atoms with Crippen LogP contribution in [0, 0.1) is 10.1 Å². The lowest BCUT2D eigenvalue weighted by Gasteiger charge is -2.19. The van der Waals surface area contributed by atoms with E-state index in [0.717, 1.165) is 11.1 Å². The summed E-state index contributed by atoms with van der Waals surface area (Å²) in [6, 6.07) is 12.7. The molecule has 2 rings (SSSR count). The van der Waals surface area contributed by atoms with Crippen molar-refractivity contribution >= 4 is 17.7 Å². The molecule has 1 amide bonds. The van der Waals surface area contributed by atoms with E-state index in [0.29, 0.717) is 13.0 Å². The molecule has 0 heterocycles. The molecule has 29 heavy (non-hydrogen) atoms. The van der Waals surface area contributed by atoms with Gasteiger partial charge in [0.25, 0.3) is 5.69 Å². The number of nitro benzene ring substituents is 1. The summed E-state index contributed by atoms with van der Waals surface area (Å²) < 4.78 is 10.4. The minimum Gasteiger partial charge on any atom is -0.444 e. The van der Waals surface area contributed by atoms with Crippen molar-refractivity contribution in [2.24, 2.45) is 0 Å². The van der Waals surface area contributed by atoms with E-state index < -0.39 is 22.6 Å². The normalized spacial score (nSPS) is 10.9. The Labute approximate surface area is 169 Å². The summed E-state index contributed by atoms with van der Waals surface area (Å²) in [5.74, 6) is -0.205. The number of rotatable bonds is 7. The number of nitro groups is 1. The predicted octanol–water partition coefficient (Wildman–Crippen LogP) is 3.81. The van der Waals surface area contributed by atoms with Gasteiger partial charge in [-0.1, -0.05) is 24.3 Å². The van der Waals surface area contributed by atoms with Crippen LogP contribution in [0.4, 0.5) is 10.5 Å². The van der Waals surface area contributed by atoms with Gasteiger partial charge in [-0.2, -0.15) is 0 Å². The molecule has 0 saturated carbocycles. The number of non-ortho nitro benzene ring substituents is 1. The number of carbonyl (C=O) groups is 2. The summed E-state index contributed by atoms with van der Waals surface area (Å²) in [6.45, 7) is 5.85. The van der Waals surface area contributed by atoms with E-state index in [4.69, 9.17) is 9.47 Å². The van der Waals surface area contributed by atoms with Gasteiger partial charge in [-0.05, 0) is 50.5 Å². The number of nitrogens with one attached hydrogen (secondary N) is 1. The van der Waals surface area contributed by atoms with E-state index in [2.05, 4.69) is 5.32 Å². The molecule has 0 aromatic heterocycles. The lowest BCUT2D eigenvalue weighted by atomic mass is 10.1. The zero-order valence-electron chi connectivity index (χ0n) is 16.6. The van der Waals surface area contributed by atoms with Crippen LogP contribution in [0.1, 0.15) is 31.9 Å². The largest absolute Gasteiger partial charge is 0.444 e. The first-order chi connectivity index (χ1) is 13.6. The Morgan fingerprint density at radius 3 is 2.14 bits per heavy atom. The maximum absolute atomic E-state index is 12.0. The molecule has 8 nitrogen and oxygen atoms in total. The Bertz CT molecular complexity index is 854. The van der Waals surface area contributed by atoms with E-state index in [1.54, 1.807) is 20.8 Å². The molecular formula is C21H24N2O6. The third kappa shape index (κ3) is 8.00. The summed E-state index contributed by atoms with van der Waals surface area (Å²) in [7, 11) is 0. The predicted molar refractivity (Wildman–Crippen MR) is 107 cm³/mol. The van der Waals surface area contributed by atoms with E-state index in [-0.39, 0.29) is 17.9 Å². The van der Waals surface area contributed by atoms with Gasteiger partial charge in [0, 0.05) is 18.7 Å². The topological polar surface area (TPSA) is 108 Å². The first-order valence-corrected chi connectivity index (χ1v) is 9.12. The highest BCUT2D eigenvalue weighted by Crippen LogP contribution is 2.18. The maximum Gasteiger partial charge on any atom is 0.407 e. The van der Waals surface area contributed by atoms with Gasteiger partial charge in [0.1, 0.15) is 11.4 Å². The van der Waals surface area contributed by atoms with Gasteiger partial charge in [-0.25, -0.2) is 4.79 Å². The second-order valence-corrected chi connectivity index (χ2v) is 7.40. The lowest BCUT2D eigenvalue weighted by Crippen LogP contribution is -2.33. The average molecular weight is 400 g/mol. The second-order valence-electron chi connectivity index (χ2n) is 7.40. The molecule has 0 spiro atoms. The third-order valence-corrected chi connectivity index (χ3v) is 3.73. The van der Waals surface area contributed by atoms with Crippen molar-refractivity contribution in [2.45, 2.75) is 39.2 Å². The number of alkyl carbamates (subject to hydrolysis) is 1. The number of carbonyl (C=O) groups excluding carboxylic acids is 2. The molecule has 0 radical (unpaired) electrons. The molecule has 8 heteroatoms. The van der Waals surface area contributed by atoms with Crippen molar-refractivity contribution in [1.82, 2.24) is 5.32 Å². The Kier molecular flexibility index (Phi) is 7.30. The SMILES string of the molecule is CC(C)(C)OC(=O)NCCc1ccc(CC(=O)Oc2ccc([N+](=O)[O-])cc2)cc1. The smallest absolute Gasteiger partial charge is 0.407 e. The van der Waals surface area contributed by atoms with Crippen LogP contribution < -0.4 is 10.1 Å². The second kappa shape index (κ2) is 9.68. The molecule has 0 aliphatic heterocycles. The Hall–Kier alpha value is -3.42. The number of amides is 1. The van der Waals surface area contributed by atoms with Crippen LogP contribution in [0.2, 0.25) is 0 Å². The zero-order valence-corrected chi connectivity index (χ0v) is 16.6. The molecule has 0 atom stereocenters. The fraction of sp³-hybridized carbons (Fsp3) is 0.333. The van der Waals surface area contributed by atoms with E-state index in [1.807, 2.05) is 24.3 Å². The van der Waals surface area contributed by atoms with Crippen LogP contribution in [0.25, 0.3) is 0 Å². The maximum atomic E-state index is 12.0. The summed E-state index contributed by atoms with van der Waals surface area (Å²) in [5, 5.41) is 13.3. The minimum absolute atomic E-state index is 0.0680. The Balaban J connectivity index is 1.78. The number of nitrogens with zero attached hydrogens (tertiary/aromatic N) is 1. The highest BCUT2D eigenvalue weighted by atomic mass is 16.6. The van der Waals surface area contributed by atoms with Gasteiger partial charge in [-0.15, -0.1) is 0 Å². The monoisotopic (exact) mass is 400 g/mol. The van der Waals surface area contributed by atoms with Crippen LogP contribution in [0.15, 0.2) is 48.5 Å². The van der Waals surface area contributed by atoms with E-state index in [9.17, 15) is 19.7 Å². The zero-order chi connectivity index (χ0) is 21.4. The number of benzene rings is 2. The summed E-state index contributed by atoms with van der Waals surface area (Å²) in [6.07, 6.45) is 0.253. The fourth-order valence-corrected chi connectivity index (χ4v) is 2.42. The van der Waals surface area contributed by atoms with Crippen LogP contribution >= 0.6 is 0 Å². The Morgan fingerprint density at radius 1 is 1.00 bits per heavy atom. The van der Waals surface area contributed by atoms with Gasteiger partial charge in [0.2, 0.25) is 0 Å². The van der Waals surface area contributed by atoms with Gasteiger partial charge >= 0.3 is 12.1 Å². The van der Waals surface area contributed by atoms with Gasteiger partial charge < -0.3 is 14.8 Å². The van der Waals surface area contributed by atoms with E-state index in [1.165, 1.54) is 24.3 Å². The molecule has 0 unspecified atom stereocenters. The van der Waals surface area contributed by atoms with Gasteiger partial charge in [-0.3, -0.25) is 14.9 Å². The highest BCUT2D eigenvalue weighted by Gasteiger charge is 2.15. The Morgan fingerprint density at radius 2 is 1.59 bits per heavy atom. The summed E-state index contributed by atoms with van der Waals surface area (Å²) >= 11 is 0. The minimum atomic E-state index is -0.533. The third-order valence-electron chi connectivity index (χ3n) is 3.73.